The highest BCUT2D eigenvalue weighted by atomic mass is 32.2. The van der Waals surface area contributed by atoms with Crippen LogP contribution in [-0.4, -0.2) is 102 Å². The minimum Gasteiger partial charge on any atom is -0.495 e. The zero-order valence-electron chi connectivity index (χ0n) is 32.0. The number of carbonyl (C=O) groups excluding carboxylic acids is 2. The molecule has 2 fully saturated rings. The zero-order valence-corrected chi connectivity index (χ0v) is 33.6. The average Bonchev–Trinajstić information content (AvgIpc) is 3.17. The number of carbonyl (C=O) groups is 2. The lowest BCUT2D eigenvalue weighted by Crippen LogP contribution is -2.48. The molecular formula is C40H46N4O10S2. The number of benzene rings is 4. The predicted molar refractivity (Wildman–Crippen MR) is 211 cm³/mol. The highest BCUT2D eigenvalue weighted by molar-refractivity contribution is 7.89. The molecule has 0 aromatic heterocycles. The van der Waals surface area contributed by atoms with Crippen LogP contribution >= 0.6 is 0 Å². The highest BCUT2D eigenvalue weighted by Crippen LogP contribution is 2.36. The Kier molecular flexibility index (Phi) is 12.2. The molecule has 0 saturated carbocycles. The molecule has 16 heteroatoms. The molecule has 4 aromatic rings. The molecule has 0 spiro atoms. The molecule has 2 aliphatic heterocycles. The normalized spacial score (nSPS) is 20.9. The molecule has 2 aliphatic rings. The summed E-state index contributed by atoms with van der Waals surface area (Å²) in [6, 6.07) is 22.0. The van der Waals surface area contributed by atoms with Crippen LogP contribution < -0.4 is 20.1 Å². The van der Waals surface area contributed by atoms with Crippen molar-refractivity contribution in [1.82, 2.24) is 8.61 Å². The van der Waals surface area contributed by atoms with Crippen molar-refractivity contribution in [3.05, 3.63) is 96.1 Å². The van der Waals surface area contributed by atoms with Crippen molar-refractivity contribution in [3.8, 4) is 22.6 Å². The number of sulfonamides is 2. The lowest BCUT2D eigenvalue weighted by molar-refractivity contribution is -0.0442. The number of ether oxygens (including phenoxy) is 4. The molecule has 298 valence electrons. The van der Waals surface area contributed by atoms with Gasteiger partial charge in [0.25, 0.3) is 11.8 Å². The number of nitrogens with one attached hydrogen (secondary N) is 2. The van der Waals surface area contributed by atoms with Crippen LogP contribution in [0.2, 0.25) is 0 Å². The van der Waals surface area contributed by atoms with Gasteiger partial charge in [-0.05, 0) is 112 Å². The molecule has 2 amide bonds. The molecule has 4 aromatic carbocycles. The van der Waals surface area contributed by atoms with Gasteiger partial charge in [-0.1, -0.05) is 12.1 Å². The maximum absolute atomic E-state index is 13.2. The van der Waals surface area contributed by atoms with Crippen molar-refractivity contribution < 1.29 is 45.4 Å². The van der Waals surface area contributed by atoms with Crippen molar-refractivity contribution in [2.24, 2.45) is 0 Å². The Morgan fingerprint density at radius 3 is 1.18 bits per heavy atom. The van der Waals surface area contributed by atoms with E-state index in [4.69, 9.17) is 18.9 Å². The van der Waals surface area contributed by atoms with Gasteiger partial charge in [0.15, 0.2) is 0 Å². The molecular weight excluding hydrogens is 761 g/mol. The Bertz CT molecular complexity index is 2120. The smallest absolute Gasteiger partial charge is 0.255 e. The minimum atomic E-state index is -3.76. The van der Waals surface area contributed by atoms with E-state index in [0.717, 1.165) is 11.1 Å². The standard InChI is InChI=1S/C40H46N4O10S2/c1-25-21-43(22-26(2)53-25)55(47,48)33-13-7-29(8-14-33)39(45)41-35-17-11-31(19-37(35)51-5)32-12-18-36(38(20-32)52-6)42-40(46)30-9-15-34(16-10-30)56(49,50)44-23-27(3)54-28(4)24-44/h7-20,25-28H,21-24H2,1-6H3,(H,41,45)(H,42,46). The number of anilines is 2. The molecule has 2 heterocycles. The van der Waals surface area contributed by atoms with E-state index in [-0.39, 0.29) is 71.5 Å². The summed E-state index contributed by atoms with van der Waals surface area (Å²) in [5, 5.41) is 5.67. The number of hydrogen-bond acceptors (Lipinski definition) is 10. The molecule has 0 bridgehead atoms. The number of hydrogen-bond donors (Lipinski definition) is 2. The van der Waals surface area contributed by atoms with Gasteiger partial charge in [0, 0.05) is 37.3 Å². The summed E-state index contributed by atoms with van der Waals surface area (Å²) in [4.78, 5) is 26.6. The number of methoxy groups -OCH3 is 2. The predicted octanol–water partition coefficient (Wildman–Crippen LogP) is 5.47. The number of rotatable bonds is 11. The molecule has 6 rings (SSSR count). The first-order chi connectivity index (χ1) is 26.6. The maximum atomic E-state index is 13.2. The third kappa shape index (κ3) is 8.90. The molecule has 2 saturated heterocycles. The lowest BCUT2D eigenvalue weighted by Gasteiger charge is -2.34. The van der Waals surface area contributed by atoms with Crippen LogP contribution in [0.1, 0.15) is 48.4 Å². The monoisotopic (exact) mass is 806 g/mol. The minimum absolute atomic E-state index is 0.0918. The number of nitrogens with zero attached hydrogens (tertiary/aromatic N) is 2. The third-order valence-corrected chi connectivity index (χ3v) is 13.2. The van der Waals surface area contributed by atoms with Gasteiger partial charge < -0.3 is 29.6 Å². The summed E-state index contributed by atoms with van der Waals surface area (Å²) in [7, 11) is -4.56. The van der Waals surface area contributed by atoms with Crippen LogP contribution in [0, 0.1) is 0 Å². The van der Waals surface area contributed by atoms with Crippen LogP contribution in [-0.2, 0) is 29.5 Å². The Balaban J connectivity index is 1.12. The van der Waals surface area contributed by atoms with E-state index in [0.29, 0.717) is 22.9 Å². The summed E-state index contributed by atoms with van der Waals surface area (Å²) in [6.07, 6.45) is -0.903. The van der Waals surface area contributed by atoms with Gasteiger partial charge in [0.05, 0.1) is 59.8 Å². The molecule has 14 nitrogen and oxygen atoms in total. The fourth-order valence-electron chi connectivity index (χ4n) is 6.85. The van der Waals surface area contributed by atoms with E-state index in [1.54, 1.807) is 36.4 Å². The largest absolute Gasteiger partial charge is 0.495 e. The highest BCUT2D eigenvalue weighted by Gasteiger charge is 2.33. The van der Waals surface area contributed by atoms with E-state index in [1.165, 1.54) is 71.4 Å². The van der Waals surface area contributed by atoms with E-state index in [9.17, 15) is 26.4 Å². The van der Waals surface area contributed by atoms with Gasteiger partial charge in [-0.25, -0.2) is 16.8 Å². The topological polar surface area (TPSA) is 170 Å². The second-order valence-electron chi connectivity index (χ2n) is 13.9. The fourth-order valence-corrected chi connectivity index (χ4v) is 10.0. The van der Waals surface area contributed by atoms with Gasteiger partial charge in [-0.3, -0.25) is 9.59 Å². The summed E-state index contributed by atoms with van der Waals surface area (Å²) in [5.41, 5.74) is 2.80. The van der Waals surface area contributed by atoms with Crippen molar-refractivity contribution in [2.45, 2.75) is 61.9 Å². The first-order valence-corrected chi connectivity index (χ1v) is 21.0. The first kappa shape index (κ1) is 40.8. The van der Waals surface area contributed by atoms with Crippen molar-refractivity contribution in [1.29, 1.82) is 0 Å². The van der Waals surface area contributed by atoms with Gasteiger partial charge in [0.1, 0.15) is 11.5 Å². The summed E-state index contributed by atoms with van der Waals surface area (Å²) >= 11 is 0. The Morgan fingerprint density at radius 2 is 0.875 bits per heavy atom. The molecule has 4 unspecified atom stereocenters. The van der Waals surface area contributed by atoms with Crippen LogP contribution in [0.15, 0.2) is 94.7 Å². The lowest BCUT2D eigenvalue weighted by atomic mass is 10.0. The van der Waals surface area contributed by atoms with Crippen molar-refractivity contribution in [2.75, 3.05) is 51.0 Å². The summed E-state index contributed by atoms with van der Waals surface area (Å²) in [5.74, 6) is -0.142. The van der Waals surface area contributed by atoms with Crippen LogP contribution in [0.4, 0.5) is 11.4 Å². The fraction of sp³-hybridized carbons (Fsp3) is 0.350. The molecule has 0 aliphatic carbocycles. The zero-order chi connectivity index (χ0) is 40.4. The first-order valence-electron chi connectivity index (χ1n) is 18.1. The third-order valence-electron chi connectivity index (χ3n) is 9.51. The van der Waals surface area contributed by atoms with E-state index >= 15 is 0 Å². The molecule has 0 radical (unpaired) electrons. The van der Waals surface area contributed by atoms with Gasteiger partial charge in [0.2, 0.25) is 20.0 Å². The maximum Gasteiger partial charge on any atom is 0.255 e. The van der Waals surface area contributed by atoms with Crippen LogP contribution in [0.25, 0.3) is 11.1 Å². The quantitative estimate of drug-likeness (QED) is 0.198. The van der Waals surface area contributed by atoms with Gasteiger partial charge in [-0.15, -0.1) is 0 Å². The number of morpholine rings is 2. The van der Waals surface area contributed by atoms with Gasteiger partial charge >= 0.3 is 0 Å². The Morgan fingerprint density at radius 1 is 0.554 bits per heavy atom. The van der Waals surface area contributed by atoms with Gasteiger partial charge in [-0.2, -0.15) is 8.61 Å². The second-order valence-corrected chi connectivity index (χ2v) is 17.8. The Hall–Kier alpha value is -4.84. The molecule has 2 N–H and O–H groups in total. The average molecular weight is 807 g/mol. The number of amides is 2. The van der Waals surface area contributed by atoms with Crippen LogP contribution in [0.5, 0.6) is 11.5 Å². The summed E-state index contributed by atoms with van der Waals surface area (Å²) < 4.78 is 78.3. The SMILES string of the molecule is COc1cc(-c2ccc(NC(=O)c3ccc(S(=O)(=O)N4CC(C)OC(C)C4)cc3)c(OC)c2)ccc1NC(=O)c1ccc(S(=O)(=O)N2CC(C)OC(C)C2)cc1. The van der Waals surface area contributed by atoms with E-state index in [2.05, 4.69) is 10.6 Å². The summed E-state index contributed by atoms with van der Waals surface area (Å²) in [6.45, 7) is 8.32. The molecule has 56 heavy (non-hydrogen) atoms. The van der Waals surface area contributed by atoms with Crippen LogP contribution in [0.3, 0.4) is 0 Å². The molecule has 4 atom stereocenters. The van der Waals surface area contributed by atoms with E-state index < -0.39 is 31.9 Å². The van der Waals surface area contributed by atoms with Crippen molar-refractivity contribution >= 4 is 43.2 Å². The second kappa shape index (κ2) is 16.7. The Labute approximate surface area is 327 Å². The van der Waals surface area contributed by atoms with E-state index in [1.807, 2.05) is 27.7 Å². The van der Waals surface area contributed by atoms with Crippen molar-refractivity contribution in [3.63, 3.8) is 0 Å².